The van der Waals surface area contributed by atoms with E-state index >= 15 is 0 Å². The van der Waals surface area contributed by atoms with Crippen molar-refractivity contribution in [3.8, 4) is 0 Å². The monoisotopic (exact) mass is 307 g/mol. The summed E-state index contributed by atoms with van der Waals surface area (Å²) in [6.45, 7) is 5.56. The number of aryl methyl sites for hydroxylation is 1. The number of pyridine rings is 1. The third kappa shape index (κ3) is 4.79. The summed E-state index contributed by atoms with van der Waals surface area (Å²) in [5.41, 5.74) is 0.418. The van der Waals surface area contributed by atoms with Crippen LogP contribution in [0.15, 0.2) is 23.1 Å². The number of nitrogens with one attached hydrogen (secondary N) is 2. The molecule has 0 aliphatic heterocycles. The van der Waals surface area contributed by atoms with Crippen molar-refractivity contribution in [1.82, 2.24) is 9.88 Å². The van der Waals surface area contributed by atoms with E-state index in [0.29, 0.717) is 0 Å². The van der Waals surface area contributed by atoms with Crippen LogP contribution in [0.3, 0.4) is 0 Å². The fourth-order valence-electron chi connectivity index (χ4n) is 2.63. The summed E-state index contributed by atoms with van der Waals surface area (Å²) in [4.78, 5) is 23.1. The number of nitrogens with zero attached hydrogens (tertiary/aromatic N) is 1. The van der Waals surface area contributed by atoms with Crippen molar-refractivity contribution in [2.45, 2.75) is 57.7 Å². The average Bonchev–Trinajstić information content (AvgIpc) is 2.78. The molecular weight excluding hydrogens is 282 g/mol. The van der Waals surface area contributed by atoms with Crippen LogP contribution in [0.1, 0.15) is 40.0 Å². The third-order valence-corrected chi connectivity index (χ3v) is 3.61. The molecule has 1 aliphatic rings. The van der Waals surface area contributed by atoms with Crippen LogP contribution < -0.4 is 16.2 Å². The van der Waals surface area contributed by atoms with Gasteiger partial charge in [0.1, 0.15) is 5.60 Å². The van der Waals surface area contributed by atoms with Crippen molar-refractivity contribution in [3.05, 3.63) is 28.7 Å². The molecule has 0 spiro atoms. The second-order valence-corrected chi connectivity index (χ2v) is 6.86. The molecule has 6 nitrogen and oxygen atoms in total. The molecular formula is C16H25N3O3. The van der Waals surface area contributed by atoms with Crippen LogP contribution in [0.25, 0.3) is 0 Å². The number of amides is 1. The lowest BCUT2D eigenvalue weighted by molar-refractivity contribution is 0.0505. The standard InChI is InChI=1S/C16H25N3O3/c1-16(2,3)22-15(21)18-12-6-5-11(9-12)17-13-7-8-14(20)19(4)10-13/h7-8,10-12,17H,5-6,9H2,1-4H3,(H,18,21). The largest absolute Gasteiger partial charge is 0.444 e. The number of hydrogen-bond donors (Lipinski definition) is 2. The molecule has 2 rings (SSSR count). The lowest BCUT2D eigenvalue weighted by Crippen LogP contribution is -2.38. The van der Waals surface area contributed by atoms with E-state index in [1.807, 2.05) is 20.8 Å². The summed E-state index contributed by atoms with van der Waals surface area (Å²) in [6.07, 6.45) is 4.17. The molecule has 122 valence electrons. The van der Waals surface area contributed by atoms with Gasteiger partial charge in [-0.25, -0.2) is 4.79 Å². The van der Waals surface area contributed by atoms with E-state index in [0.717, 1.165) is 24.9 Å². The minimum atomic E-state index is -0.477. The van der Waals surface area contributed by atoms with Gasteiger partial charge in [-0.3, -0.25) is 4.79 Å². The topological polar surface area (TPSA) is 72.4 Å². The van der Waals surface area contributed by atoms with Gasteiger partial charge >= 0.3 is 6.09 Å². The number of ether oxygens (including phenoxy) is 1. The van der Waals surface area contributed by atoms with Crippen molar-refractivity contribution in [2.75, 3.05) is 5.32 Å². The van der Waals surface area contributed by atoms with E-state index in [2.05, 4.69) is 10.6 Å². The summed E-state index contributed by atoms with van der Waals surface area (Å²) in [5, 5.41) is 6.32. The van der Waals surface area contributed by atoms with Crippen molar-refractivity contribution in [3.63, 3.8) is 0 Å². The van der Waals surface area contributed by atoms with E-state index in [1.165, 1.54) is 0 Å². The first-order valence-electron chi connectivity index (χ1n) is 7.66. The maximum absolute atomic E-state index is 11.8. The van der Waals surface area contributed by atoms with Gasteiger partial charge in [-0.05, 0) is 46.1 Å². The van der Waals surface area contributed by atoms with E-state index < -0.39 is 5.60 Å². The second-order valence-electron chi connectivity index (χ2n) is 6.86. The van der Waals surface area contributed by atoms with Gasteiger partial charge < -0.3 is 19.9 Å². The summed E-state index contributed by atoms with van der Waals surface area (Å²) in [7, 11) is 1.73. The number of carbonyl (C=O) groups is 1. The van der Waals surface area contributed by atoms with Crippen LogP contribution >= 0.6 is 0 Å². The molecule has 0 bridgehead atoms. The molecule has 1 saturated carbocycles. The summed E-state index contributed by atoms with van der Waals surface area (Å²) < 4.78 is 6.82. The highest BCUT2D eigenvalue weighted by Crippen LogP contribution is 2.23. The van der Waals surface area contributed by atoms with Crippen LogP contribution in [0.2, 0.25) is 0 Å². The predicted octanol–water partition coefficient (Wildman–Crippen LogP) is 2.24. The van der Waals surface area contributed by atoms with Crippen molar-refractivity contribution < 1.29 is 9.53 Å². The molecule has 0 radical (unpaired) electrons. The van der Waals surface area contributed by atoms with Crippen LogP contribution in [0.4, 0.5) is 10.5 Å². The summed E-state index contributed by atoms with van der Waals surface area (Å²) >= 11 is 0. The van der Waals surface area contributed by atoms with Crippen molar-refractivity contribution >= 4 is 11.8 Å². The molecule has 1 aliphatic carbocycles. The number of carbonyl (C=O) groups excluding carboxylic acids is 1. The molecule has 2 N–H and O–H groups in total. The average molecular weight is 307 g/mol. The normalized spacial score (nSPS) is 21.5. The van der Waals surface area contributed by atoms with Crippen molar-refractivity contribution in [1.29, 1.82) is 0 Å². The SMILES string of the molecule is Cn1cc(NC2CCC(NC(=O)OC(C)(C)C)C2)ccc1=O. The molecule has 1 heterocycles. The minimum Gasteiger partial charge on any atom is -0.444 e. The number of alkyl carbamates (subject to hydrolysis) is 1. The van der Waals surface area contributed by atoms with Gasteiger partial charge in [0.25, 0.3) is 0 Å². The highest BCUT2D eigenvalue weighted by atomic mass is 16.6. The maximum Gasteiger partial charge on any atom is 0.407 e. The van der Waals surface area contributed by atoms with E-state index in [1.54, 1.807) is 29.9 Å². The molecule has 1 amide bonds. The van der Waals surface area contributed by atoms with Gasteiger partial charge in [-0.15, -0.1) is 0 Å². The number of anilines is 1. The Morgan fingerprint density at radius 2 is 1.95 bits per heavy atom. The van der Waals surface area contributed by atoms with Gasteiger partial charge in [0.2, 0.25) is 5.56 Å². The zero-order valence-corrected chi connectivity index (χ0v) is 13.7. The molecule has 0 saturated heterocycles. The quantitative estimate of drug-likeness (QED) is 0.898. The Bertz CT molecular complexity index is 589. The highest BCUT2D eigenvalue weighted by Gasteiger charge is 2.27. The third-order valence-electron chi connectivity index (χ3n) is 3.61. The van der Waals surface area contributed by atoms with Gasteiger partial charge in [-0.2, -0.15) is 0 Å². The molecule has 0 aromatic carbocycles. The number of rotatable bonds is 3. The van der Waals surface area contributed by atoms with Crippen LogP contribution in [0, 0.1) is 0 Å². The molecule has 1 aromatic heterocycles. The van der Waals surface area contributed by atoms with Gasteiger partial charge in [0.15, 0.2) is 0 Å². The van der Waals surface area contributed by atoms with E-state index in [4.69, 9.17) is 4.74 Å². The summed E-state index contributed by atoms with van der Waals surface area (Å²) in [5.74, 6) is 0. The van der Waals surface area contributed by atoms with Gasteiger partial charge in [0, 0.05) is 31.4 Å². The first kappa shape index (κ1) is 16.4. The fourth-order valence-corrected chi connectivity index (χ4v) is 2.63. The van der Waals surface area contributed by atoms with E-state index in [9.17, 15) is 9.59 Å². The Morgan fingerprint density at radius 1 is 1.27 bits per heavy atom. The molecule has 2 atom stereocenters. The smallest absolute Gasteiger partial charge is 0.407 e. The van der Waals surface area contributed by atoms with E-state index in [-0.39, 0.29) is 23.7 Å². The predicted molar refractivity (Wildman–Crippen MR) is 86.1 cm³/mol. The lowest BCUT2D eigenvalue weighted by Gasteiger charge is -2.22. The second kappa shape index (κ2) is 6.42. The zero-order valence-electron chi connectivity index (χ0n) is 13.7. The number of hydrogen-bond acceptors (Lipinski definition) is 4. The van der Waals surface area contributed by atoms with Gasteiger partial charge in [0.05, 0.1) is 5.69 Å². The summed E-state index contributed by atoms with van der Waals surface area (Å²) in [6, 6.07) is 3.75. The molecule has 1 fully saturated rings. The Hall–Kier alpha value is -1.98. The van der Waals surface area contributed by atoms with Crippen LogP contribution in [-0.4, -0.2) is 28.3 Å². The van der Waals surface area contributed by atoms with Gasteiger partial charge in [-0.1, -0.05) is 0 Å². The molecule has 6 heteroatoms. The molecule has 22 heavy (non-hydrogen) atoms. The first-order valence-corrected chi connectivity index (χ1v) is 7.66. The number of aromatic nitrogens is 1. The minimum absolute atomic E-state index is 0.0264. The molecule has 2 unspecified atom stereocenters. The van der Waals surface area contributed by atoms with Crippen molar-refractivity contribution in [2.24, 2.45) is 7.05 Å². The maximum atomic E-state index is 11.8. The Kier molecular flexibility index (Phi) is 4.78. The first-order chi connectivity index (χ1) is 10.2. The lowest BCUT2D eigenvalue weighted by atomic mass is 10.2. The Morgan fingerprint density at radius 3 is 2.59 bits per heavy atom. The Labute approximate surface area is 130 Å². The fraction of sp³-hybridized carbons (Fsp3) is 0.625. The van der Waals surface area contributed by atoms with Crippen LogP contribution in [-0.2, 0) is 11.8 Å². The Balaban J connectivity index is 1.83. The van der Waals surface area contributed by atoms with Crippen LogP contribution in [0.5, 0.6) is 0 Å². The zero-order chi connectivity index (χ0) is 16.3. The highest BCUT2D eigenvalue weighted by molar-refractivity contribution is 5.68. The molecule has 1 aromatic rings.